The predicted octanol–water partition coefficient (Wildman–Crippen LogP) is 2.29. The fourth-order valence-corrected chi connectivity index (χ4v) is 2.70. The fourth-order valence-electron chi connectivity index (χ4n) is 1.96. The molecule has 0 saturated heterocycles. The van der Waals surface area contributed by atoms with Crippen LogP contribution in [0.15, 0.2) is 23.7 Å². The Kier molecular flexibility index (Phi) is 5.55. The highest BCUT2D eigenvalue weighted by Gasteiger charge is 2.11. The SMILES string of the molecule is COc1cc(OC)cc(C(O)CNCc2scnc2C)c1. The van der Waals surface area contributed by atoms with E-state index >= 15 is 0 Å². The Bertz CT molecular complexity index is 564. The summed E-state index contributed by atoms with van der Waals surface area (Å²) in [6.07, 6.45) is -0.623. The number of aryl methyl sites for hydroxylation is 1. The third kappa shape index (κ3) is 4.17. The topological polar surface area (TPSA) is 63.6 Å². The normalized spacial score (nSPS) is 12.2. The second-order valence-electron chi connectivity index (χ2n) is 4.65. The predicted molar refractivity (Wildman–Crippen MR) is 83.1 cm³/mol. The van der Waals surface area contributed by atoms with Gasteiger partial charge in [0.2, 0.25) is 0 Å². The van der Waals surface area contributed by atoms with Crippen molar-refractivity contribution in [3.8, 4) is 11.5 Å². The lowest BCUT2D eigenvalue weighted by Crippen LogP contribution is -2.21. The molecule has 2 rings (SSSR count). The zero-order valence-corrected chi connectivity index (χ0v) is 13.2. The van der Waals surface area contributed by atoms with E-state index in [1.807, 2.05) is 24.6 Å². The molecule has 0 aliphatic rings. The summed E-state index contributed by atoms with van der Waals surface area (Å²) in [5.74, 6) is 1.34. The first-order valence-electron chi connectivity index (χ1n) is 6.64. The number of ether oxygens (including phenoxy) is 2. The van der Waals surface area contributed by atoms with Crippen molar-refractivity contribution >= 4 is 11.3 Å². The molecule has 21 heavy (non-hydrogen) atoms. The van der Waals surface area contributed by atoms with Gasteiger partial charge in [0.15, 0.2) is 0 Å². The first-order chi connectivity index (χ1) is 10.1. The number of thiazole rings is 1. The first kappa shape index (κ1) is 15.8. The van der Waals surface area contributed by atoms with Crippen molar-refractivity contribution in [2.75, 3.05) is 20.8 Å². The fraction of sp³-hybridized carbons (Fsp3) is 0.400. The van der Waals surface area contributed by atoms with Crippen molar-refractivity contribution in [3.63, 3.8) is 0 Å². The van der Waals surface area contributed by atoms with Gasteiger partial charge in [-0.25, -0.2) is 4.98 Å². The molecule has 0 saturated carbocycles. The lowest BCUT2D eigenvalue weighted by molar-refractivity contribution is 0.173. The number of methoxy groups -OCH3 is 2. The average molecular weight is 308 g/mol. The van der Waals surface area contributed by atoms with Crippen LogP contribution in [0.4, 0.5) is 0 Å². The smallest absolute Gasteiger partial charge is 0.122 e. The van der Waals surface area contributed by atoms with E-state index in [-0.39, 0.29) is 0 Å². The van der Waals surface area contributed by atoms with Crippen LogP contribution in [0.5, 0.6) is 11.5 Å². The van der Waals surface area contributed by atoms with Crippen LogP contribution in [0.3, 0.4) is 0 Å². The average Bonchev–Trinajstić information content (AvgIpc) is 2.92. The number of benzene rings is 1. The molecule has 0 aliphatic carbocycles. The summed E-state index contributed by atoms with van der Waals surface area (Å²) in [5, 5.41) is 13.5. The van der Waals surface area contributed by atoms with E-state index in [9.17, 15) is 5.11 Å². The molecule has 1 atom stereocenters. The highest BCUT2D eigenvalue weighted by molar-refractivity contribution is 7.09. The van der Waals surface area contributed by atoms with Gasteiger partial charge in [-0.2, -0.15) is 0 Å². The summed E-state index contributed by atoms with van der Waals surface area (Å²) in [7, 11) is 3.19. The molecule has 6 heteroatoms. The largest absolute Gasteiger partial charge is 0.497 e. The van der Waals surface area contributed by atoms with Crippen LogP contribution in [0.1, 0.15) is 22.2 Å². The number of aliphatic hydroxyl groups is 1. The molecule has 0 amide bonds. The molecule has 1 heterocycles. The van der Waals surface area contributed by atoms with E-state index in [0.717, 1.165) is 11.3 Å². The number of hydrogen-bond acceptors (Lipinski definition) is 6. The van der Waals surface area contributed by atoms with Gasteiger partial charge in [0.25, 0.3) is 0 Å². The van der Waals surface area contributed by atoms with Crippen LogP contribution in [0, 0.1) is 6.92 Å². The van der Waals surface area contributed by atoms with Crippen LogP contribution in [-0.4, -0.2) is 30.9 Å². The Balaban J connectivity index is 1.96. The number of nitrogens with one attached hydrogen (secondary N) is 1. The van der Waals surface area contributed by atoms with Crippen molar-refractivity contribution < 1.29 is 14.6 Å². The second-order valence-corrected chi connectivity index (χ2v) is 5.59. The molecule has 1 unspecified atom stereocenters. The minimum atomic E-state index is -0.623. The van der Waals surface area contributed by atoms with E-state index in [4.69, 9.17) is 9.47 Å². The molecule has 0 bridgehead atoms. The van der Waals surface area contributed by atoms with E-state index in [1.165, 1.54) is 4.88 Å². The molecule has 0 aliphatic heterocycles. The molecule has 0 radical (unpaired) electrons. The minimum absolute atomic E-state index is 0.452. The van der Waals surface area contributed by atoms with Gasteiger partial charge in [-0.3, -0.25) is 0 Å². The zero-order valence-electron chi connectivity index (χ0n) is 12.4. The first-order valence-corrected chi connectivity index (χ1v) is 7.52. The van der Waals surface area contributed by atoms with Gasteiger partial charge in [-0.15, -0.1) is 11.3 Å². The standard InChI is InChI=1S/C15H20N2O3S/c1-10-15(21-9-17-10)8-16-7-14(18)11-4-12(19-2)6-13(5-11)20-3/h4-6,9,14,16,18H,7-8H2,1-3H3. The molecule has 5 nitrogen and oxygen atoms in total. The molecular formula is C15H20N2O3S. The van der Waals surface area contributed by atoms with Crippen LogP contribution in [0.25, 0.3) is 0 Å². The van der Waals surface area contributed by atoms with E-state index < -0.39 is 6.10 Å². The van der Waals surface area contributed by atoms with Crippen LogP contribution in [-0.2, 0) is 6.54 Å². The Morgan fingerprint density at radius 2 is 1.90 bits per heavy atom. The lowest BCUT2D eigenvalue weighted by atomic mass is 10.1. The quantitative estimate of drug-likeness (QED) is 0.821. The Morgan fingerprint density at radius 3 is 2.43 bits per heavy atom. The Hall–Kier alpha value is -1.63. The number of aromatic nitrogens is 1. The van der Waals surface area contributed by atoms with E-state index in [1.54, 1.807) is 31.6 Å². The molecule has 0 spiro atoms. The zero-order chi connectivity index (χ0) is 15.2. The van der Waals surface area contributed by atoms with Gasteiger partial charge in [0, 0.05) is 24.0 Å². The third-order valence-electron chi connectivity index (χ3n) is 3.23. The molecule has 2 N–H and O–H groups in total. The highest BCUT2D eigenvalue weighted by atomic mass is 32.1. The van der Waals surface area contributed by atoms with Crippen molar-refractivity contribution in [1.82, 2.24) is 10.3 Å². The van der Waals surface area contributed by atoms with E-state index in [2.05, 4.69) is 10.3 Å². The number of nitrogens with zero attached hydrogens (tertiary/aromatic N) is 1. The summed E-state index contributed by atoms with van der Waals surface area (Å²) in [4.78, 5) is 5.39. The monoisotopic (exact) mass is 308 g/mol. The maximum absolute atomic E-state index is 10.3. The van der Waals surface area contributed by atoms with Gasteiger partial charge in [0.1, 0.15) is 11.5 Å². The van der Waals surface area contributed by atoms with Crippen molar-refractivity contribution in [3.05, 3.63) is 39.8 Å². The van der Waals surface area contributed by atoms with Gasteiger partial charge >= 0.3 is 0 Å². The van der Waals surface area contributed by atoms with Gasteiger partial charge in [-0.1, -0.05) is 0 Å². The van der Waals surface area contributed by atoms with E-state index in [0.29, 0.717) is 24.6 Å². The summed E-state index contributed by atoms with van der Waals surface area (Å²) in [6, 6.07) is 5.41. The number of hydrogen-bond donors (Lipinski definition) is 2. The van der Waals surface area contributed by atoms with Gasteiger partial charge in [-0.05, 0) is 24.6 Å². The van der Waals surface area contributed by atoms with Gasteiger partial charge in [0.05, 0.1) is 31.5 Å². The molecule has 0 fully saturated rings. The maximum atomic E-state index is 10.3. The Morgan fingerprint density at radius 1 is 1.24 bits per heavy atom. The number of rotatable bonds is 7. The molecule has 1 aromatic carbocycles. The second kappa shape index (κ2) is 7.40. The van der Waals surface area contributed by atoms with Crippen molar-refractivity contribution in [2.45, 2.75) is 19.6 Å². The summed E-state index contributed by atoms with van der Waals surface area (Å²) in [6.45, 7) is 3.14. The molecule has 2 aromatic rings. The lowest BCUT2D eigenvalue weighted by Gasteiger charge is -2.14. The third-order valence-corrected chi connectivity index (χ3v) is 4.16. The summed E-state index contributed by atoms with van der Waals surface area (Å²) < 4.78 is 10.4. The van der Waals surface area contributed by atoms with Crippen LogP contribution < -0.4 is 14.8 Å². The summed E-state index contributed by atoms with van der Waals surface area (Å²) >= 11 is 1.61. The summed E-state index contributed by atoms with van der Waals surface area (Å²) in [5.41, 5.74) is 3.63. The minimum Gasteiger partial charge on any atom is -0.497 e. The van der Waals surface area contributed by atoms with Crippen molar-refractivity contribution in [2.24, 2.45) is 0 Å². The Labute approximate surface area is 128 Å². The molecule has 1 aromatic heterocycles. The van der Waals surface area contributed by atoms with Gasteiger partial charge < -0.3 is 19.9 Å². The maximum Gasteiger partial charge on any atom is 0.122 e. The van der Waals surface area contributed by atoms with Crippen molar-refractivity contribution in [1.29, 1.82) is 0 Å². The highest BCUT2D eigenvalue weighted by Crippen LogP contribution is 2.26. The van der Waals surface area contributed by atoms with Crippen LogP contribution >= 0.6 is 11.3 Å². The van der Waals surface area contributed by atoms with Crippen LogP contribution in [0.2, 0.25) is 0 Å². The number of aliphatic hydroxyl groups excluding tert-OH is 1. The molecule has 114 valence electrons. The molecular weight excluding hydrogens is 288 g/mol.